The minimum atomic E-state index is -1.50. The Morgan fingerprint density at radius 2 is 1.89 bits per heavy atom. The average molecular weight is 290 g/mol. The molecule has 0 aromatic heterocycles. The molecule has 1 aromatic rings. The lowest BCUT2D eigenvalue weighted by Crippen LogP contribution is -2.36. The normalized spacial score (nSPS) is 14.3. The maximum absolute atomic E-state index is 13.6. The van der Waals surface area contributed by atoms with Crippen LogP contribution in [0.3, 0.4) is 0 Å². The molecule has 0 heterocycles. The third-order valence-corrected chi connectivity index (χ3v) is 3.29. The smallest absolute Gasteiger partial charge is 0.414 e. The van der Waals surface area contributed by atoms with Gasteiger partial charge in [0, 0.05) is 11.5 Å². The van der Waals surface area contributed by atoms with Gasteiger partial charge in [-0.1, -0.05) is 11.6 Å². The molecule has 1 aliphatic carbocycles. The second kappa shape index (κ2) is 5.13. The minimum absolute atomic E-state index is 0.335. The van der Waals surface area contributed by atoms with Crippen LogP contribution in [0, 0.1) is 17.6 Å². The van der Waals surface area contributed by atoms with Gasteiger partial charge >= 0.3 is 6.09 Å². The molecule has 0 radical (unpaired) electrons. The molecule has 1 fully saturated rings. The fourth-order valence-corrected chi connectivity index (χ4v) is 1.88. The molecule has 1 N–H and O–H groups in total. The Kier molecular flexibility index (Phi) is 3.71. The van der Waals surface area contributed by atoms with E-state index < -0.39 is 35.2 Å². The maximum Gasteiger partial charge on any atom is 0.414 e. The number of carbonyl (C=O) groups excluding carboxylic acids is 1. The third-order valence-electron chi connectivity index (χ3n) is 2.88. The Hall–Kier alpha value is -1.69. The molecule has 0 atom stereocenters. The number of imide groups is 1. The quantitative estimate of drug-likeness (QED) is 0.870. The molecule has 2 amide bonds. The van der Waals surface area contributed by atoms with E-state index in [1.54, 1.807) is 0 Å². The van der Waals surface area contributed by atoms with Crippen molar-refractivity contribution in [2.45, 2.75) is 19.4 Å². The van der Waals surface area contributed by atoms with Crippen molar-refractivity contribution in [2.24, 2.45) is 5.92 Å². The van der Waals surface area contributed by atoms with Gasteiger partial charge in [0.15, 0.2) is 0 Å². The van der Waals surface area contributed by atoms with Gasteiger partial charge in [-0.25, -0.2) is 18.5 Å². The van der Waals surface area contributed by atoms with Crippen LogP contribution in [0.4, 0.5) is 13.6 Å². The molecule has 0 bridgehead atoms. The predicted molar refractivity (Wildman–Crippen MR) is 62.7 cm³/mol. The molecule has 1 aromatic carbocycles. The molecular formula is C12H10ClF2NO3. The number of carbonyl (C=O) groups is 2. The van der Waals surface area contributed by atoms with Crippen molar-refractivity contribution in [3.05, 3.63) is 34.4 Å². The fraction of sp³-hybridized carbons (Fsp3) is 0.333. The monoisotopic (exact) mass is 289 g/mol. The van der Waals surface area contributed by atoms with Gasteiger partial charge in [0.2, 0.25) is 5.91 Å². The molecule has 0 unspecified atom stereocenters. The zero-order valence-electron chi connectivity index (χ0n) is 9.70. The van der Waals surface area contributed by atoms with Crippen molar-refractivity contribution in [3.8, 4) is 0 Å². The largest absolute Gasteiger partial charge is 0.465 e. The average Bonchev–Trinajstić information content (AvgIpc) is 3.17. The molecule has 1 aliphatic rings. The van der Waals surface area contributed by atoms with E-state index >= 15 is 0 Å². The lowest BCUT2D eigenvalue weighted by molar-refractivity contribution is -0.130. The molecule has 2 rings (SSSR count). The van der Waals surface area contributed by atoms with Crippen molar-refractivity contribution in [1.29, 1.82) is 0 Å². The Balaban J connectivity index is 2.29. The zero-order chi connectivity index (χ0) is 14.2. The van der Waals surface area contributed by atoms with Crippen LogP contribution in [0.1, 0.15) is 18.4 Å². The van der Waals surface area contributed by atoms with E-state index in [1.165, 1.54) is 0 Å². The summed E-state index contributed by atoms with van der Waals surface area (Å²) in [5, 5.41) is 8.47. The van der Waals surface area contributed by atoms with E-state index in [0.717, 1.165) is 12.1 Å². The second-order valence-corrected chi connectivity index (χ2v) is 4.68. The highest BCUT2D eigenvalue weighted by molar-refractivity contribution is 6.31. The maximum atomic E-state index is 13.6. The van der Waals surface area contributed by atoms with E-state index in [2.05, 4.69) is 0 Å². The van der Waals surface area contributed by atoms with Crippen LogP contribution in [0.25, 0.3) is 0 Å². The molecule has 7 heteroatoms. The molecule has 0 aliphatic heterocycles. The Bertz CT molecular complexity index is 546. The first-order chi connectivity index (χ1) is 8.91. The number of nitrogens with zero attached hydrogens (tertiary/aromatic N) is 1. The van der Waals surface area contributed by atoms with E-state index in [0.29, 0.717) is 17.7 Å². The van der Waals surface area contributed by atoms with E-state index in [9.17, 15) is 18.4 Å². The summed E-state index contributed by atoms with van der Waals surface area (Å²) in [5.41, 5.74) is -0.335. The summed E-state index contributed by atoms with van der Waals surface area (Å²) >= 11 is 5.60. The van der Waals surface area contributed by atoms with Crippen LogP contribution in [0.15, 0.2) is 12.1 Å². The number of hydrogen-bond acceptors (Lipinski definition) is 2. The van der Waals surface area contributed by atoms with Gasteiger partial charge in [-0.3, -0.25) is 4.79 Å². The van der Waals surface area contributed by atoms with Crippen LogP contribution in [-0.4, -0.2) is 22.0 Å². The Morgan fingerprint density at radius 1 is 1.32 bits per heavy atom. The zero-order valence-corrected chi connectivity index (χ0v) is 10.5. The SMILES string of the molecule is O=C(O)N(Cc1c(F)ccc(F)c1Cl)C(=O)C1CC1. The van der Waals surface area contributed by atoms with E-state index in [4.69, 9.17) is 16.7 Å². The summed E-state index contributed by atoms with van der Waals surface area (Å²) in [7, 11) is 0. The van der Waals surface area contributed by atoms with Gasteiger partial charge in [-0.05, 0) is 25.0 Å². The summed E-state index contributed by atoms with van der Waals surface area (Å²) in [6, 6.07) is 1.69. The number of benzene rings is 1. The van der Waals surface area contributed by atoms with Gasteiger partial charge < -0.3 is 5.11 Å². The van der Waals surface area contributed by atoms with Crippen LogP contribution < -0.4 is 0 Å². The van der Waals surface area contributed by atoms with Gasteiger partial charge in [-0.15, -0.1) is 0 Å². The summed E-state index contributed by atoms with van der Waals surface area (Å²) in [6.07, 6.45) is -0.277. The topological polar surface area (TPSA) is 57.6 Å². The molecule has 0 saturated heterocycles. The molecule has 19 heavy (non-hydrogen) atoms. The molecule has 4 nitrogen and oxygen atoms in total. The van der Waals surface area contributed by atoms with E-state index in [1.807, 2.05) is 0 Å². The lowest BCUT2D eigenvalue weighted by Gasteiger charge is -2.18. The van der Waals surface area contributed by atoms with Crippen molar-refractivity contribution >= 4 is 23.6 Å². The Labute approximate surface area is 112 Å². The second-order valence-electron chi connectivity index (χ2n) is 4.30. The summed E-state index contributed by atoms with van der Waals surface area (Å²) < 4.78 is 26.8. The van der Waals surface area contributed by atoms with Crippen molar-refractivity contribution < 1.29 is 23.5 Å². The highest BCUT2D eigenvalue weighted by Gasteiger charge is 2.36. The summed E-state index contributed by atoms with van der Waals surface area (Å²) in [4.78, 5) is 23.2. The van der Waals surface area contributed by atoms with Gasteiger partial charge in [0.05, 0.1) is 11.6 Å². The van der Waals surface area contributed by atoms with Crippen molar-refractivity contribution in [1.82, 2.24) is 4.90 Å². The number of hydrogen-bond donors (Lipinski definition) is 1. The lowest BCUT2D eigenvalue weighted by atomic mass is 10.2. The number of amides is 2. The molecule has 102 valence electrons. The predicted octanol–water partition coefficient (Wildman–Crippen LogP) is 3.03. The minimum Gasteiger partial charge on any atom is -0.465 e. The number of rotatable bonds is 3. The third kappa shape index (κ3) is 2.84. The van der Waals surface area contributed by atoms with Crippen molar-refractivity contribution in [3.63, 3.8) is 0 Å². The first-order valence-electron chi connectivity index (χ1n) is 5.58. The molecule has 0 spiro atoms. The number of carboxylic acid groups (broad SMARTS) is 1. The van der Waals surface area contributed by atoms with Crippen LogP contribution in [0.2, 0.25) is 5.02 Å². The van der Waals surface area contributed by atoms with Gasteiger partial charge in [-0.2, -0.15) is 0 Å². The number of halogens is 3. The summed E-state index contributed by atoms with van der Waals surface area (Å²) in [5.74, 6) is -2.65. The molecule has 1 saturated carbocycles. The standard InChI is InChI=1S/C12H10ClF2NO3/c13-10-7(8(14)3-4-9(10)15)5-16(12(18)19)11(17)6-1-2-6/h3-4,6H,1-2,5H2,(H,18,19). The van der Waals surface area contributed by atoms with Gasteiger partial charge in [0.25, 0.3) is 0 Å². The fourth-order valence-electron chi connectivity index (χ4n) is 1.66. The first kappa shape index (κ1) is 13.7. The highest BCUT2D eigenvalue weighted by atomic mass is 35.5. The summed E-state index contributed by atoms with van der Waals surface area (Å²) in [6.45, 7) is -0.590. The van der Waals surface area contributed by atoms with Crippen LogP contribution >= 0.6 is 11.6 Å². The van der Waals surface area contributed by atoms with E-state index in [-0.39, 0.29) is 11.5 Å². The Morgan fingerprint density at radius 3 is 2.42 bits per heavy atom. The first-order valence-corrected chi connectivity index (χ1v) is 5.96. The van der Waals surface area contributed by atoms with Crippen LogP contribution in [-0.2, 0) is 11.3 Å². The van der Waals surface area contributed by atoms with Crippen molar-refractivity contribution in [2.75, 3.05) is 0 Å². The van der Waals surface area contributed by atoms with Crippen LogP contribution in [0.5, 0.6) is 0 Å². The molecular weight excluding hydrogens is 280 g/mol. The highest BCUT2D eigenvalue weighted by Crippen LogP contribution is 2.32. The van der Waals surface area contributed by atoms with Gasteiger partial charge in [0.1, 0.15) is 11.6 Å².